The SMILES string of the molecule is O=C(COc1ccc(Cl)cc1)Nc1ccc(S(=O)(=O)NCCc2ccccc2)cc1. The van der Waals surface area contributed by atoms with Gasteiger partial charge in [0.15, 0.2) is 6.61 Å². The summed E-state index contributed by atoms with van der Waals surface area (Å²) in [5, 5.41) is 3.24. The van der Waals surface area contributed by atoms with Crippen LogP contribution in [0.5, 0.6) is 5.75 Å². The van der Waals surface area contributed by atoms with Gasteiger partial charge in [0.2, 0.25) is 10.0 Å². The number of sulfonamides is 1. The van der Waals surface area contributed by atoms with Crippen molar-refractivity contribution in [2.75, 3.05) is 18.5 Å². The summed E-state index contributed by atoms with van der Waals surface area (Å²) in [5.74, 6) is 0.166. The molecule has 0 unspecified atom stereocenters. The molecule has 0 heterocycles. The molecule has 3 aromatic carbocycles. The molecule has 0 saturated heterocycles. The number of carbonyl (C=O) groups excluding carboxylic acids is 1. The van der Waals surface area contributed by atoms with Crippen molar-refractivity contribution in [3.8, 4) is 5.75 Å². The fourth-order valence-electron chi connectivity index (χ4n) is 2.65. The van der Waals surface area contributed by atoms with E-state index in [-0.39, 0.29) is 17.4 Å². The average molecular weight is 445 g/mol. The fraction of sp³-hybridized carbons (Fsp3) is 0.136. The molecule has 0 aliphatic rings. The Kier molecular flexibility index (Phi) is 7.46. The van der Waals surface area contributed by atoms with E-state index in [4.69, 9.17) is 16.3 Å². The third-order valence-corrected chi connectivity index (χ3v) is 5.91. The van der Waals surface area contributed by atoms with Crippen molar-refractivity contribution in [3.63, 3.8) is 0 Å². The highest BCUT2D eigenvalue weighted by atomic mass is 35.5. The van der Waals surface area contributed by atoms with E-state index in [9.17, 15) is 13.2 Å². The lowest BCUT2D eigenvalue weighted by atomic mass is 10.2. The summed E-state index contributed by atoms with van der Waals surface area (Å²) in [4.78, 5) is 12.1. The largest absolute Gasteiger partial charge is 0.484 e. The number of benzene rings is 3. The highest BCUT2D eigenvalue weighted by Gasteiger charge is 2.13. The van der Waals surface area contributed by atoms with Gasteiger partial charge in [-0.25, -0.2) is 13.1 Å². The summed E-state index contributed by atoms with van der Waals surface area (Å²) in [7, 11) is -3.62. The van der Waals surface area contributed by atoms with Gasteiger partial charge in [-0.2, -0.15) is 0 Å². The van der Waals surface area contributed by atoms with Crippen LogP contribution >= 0.6 is 11.6 Å². The van der Waals surface area contributed by atoms with E-state index in [1.165, 1.54) is 24.3 Å². The van der Waals surface area contributed by atoms with Crippen LogP contribution in [0.1, 0.15) is 5.56 Å². The summed E-state index contributed by atoms with van der Waals surface area (Å²) in [6.07, 6.45) is 0.599. The third kappa shape index (κ3) is 6.59. The fourth-order valence-corrected chi connectivity index (χ4v) is 3.81. The maximum atomic E-state index is 12.4. The van der Waals surface area contributed by atoms with Gasteiger partial charge in [0.1, 0.15) is 5.75 Å². The van der Waals surface area contributed by atoms with Gasteiger partial charge >= 0.3 is 0 Å². The van der Waals surface area contributed by atoms with Crippen molar-refractivity contribution in [3.05, 3.63) is 89.4 Å². The molecule has 3 rings (SSSR count). The van der Waals surface area contributed by atoms with E-state index in [2.05, 4.69) is 10.0 Å². The minimum atomic E-state index is -3.62. The molecule has 0 aromatic heterocycles. The summed E-state index contributed by atoms with van der Waals surface area (Å²) in [6.45, 7) is 0.121. The smallest absolute Gasteiger partial charge is 0.262 e. The average Bonchev–Trinajstić information content (AvgIpc) is 2.74. The molecule has 1 amide bonds. The van der Waals surface area contributed by atoms with Crippen LogP contribution in [-0.2, 0) is 21.2 Å². The third-order valence-electron chi connectivity index (χ3n) is 4.18. The number of carbonyl (C=O) groups is 1. The van der Waals surface area contributed by atoms with Gasteiger partial charge in [-0.3, -0.25) is 4.79 Å². The maximum Gasteiger partial charge on any atom is 0.262 e. The molecule has 0 fully saturated rings. The molecule has 30 heavy (non-hydrogen) atoms. The van der Waals surface area contributed by atoms with Crippen LogP contribution in [0, 0.1) is 0 Å². The standard InChI is InChI=1S/C22H21ClN2O4S/c23-18-6-10-20(11-7-18)29-16-22(26)25-19-8-12-21(13-9-19)30(27,28)24-15-14-17-4-2-1-3-5-17/h1-13,24H,14-16H2,(H,25,26). The lowest BCUT2D eigenvalue weighted by Gasteiger charge is -2.09. The van der Waals surface area contributed by atoms with Gasteiger partial charge in [0.25, 0.3) is 5.91 Å². The summed E-state index contributed by atoms with van der Waals surface area (Å²) in [5.41, 5.74) is 1.53. The molecule has 0 atom stereocenters. The Morgan fingerprint density at radius 1 is 0.900 bits per heavy atom. The minimum Gasteiger partial charge on any atom is -0.484 e. The highest BCUT2D eigenvalue weighted by molar-refractivity contribution is 7.89. The van der Waals surface area contributed by atoms with Crippen LogP contribution < -0.4 is 14.8 Å². The van der Waals surface area contributed by atoms with Gasteiger partial charge < -0.3 is 10.1 Å². The summed E-state index contributed by atoms with van der Waals surface area (Å²) < 4.78 is 32.8. The zero-order valence-electron chi connectivity index (χ0n) is 16.0. The van der Waals surface area contributed by atoms with Crippen LogP contribution in [0.4, 0.5) is 5.69 Å². The van der Waals surface area contributed by atoms with Crippen LogP contribution in [0.2, 0.25) is 5.02 Å². The second kappa shape index (κ2) is 10.2. The van der Waals surface area contributed by atoms with E-state index in [1.54, 1.807) is 24.3 Å². The second-order valence-corrected chi connectivity index (χ2v) is 8.65. The van der Waals surface area contributed by atoms with Crippen molar-refractivity contribution >= 4 is 33.2 Å². The molecule has 8 heteroatoms. The number of ether oxygens (including phenoxy) is 1. The van der Waals surface area contributed by atoms with Gasteiger partial charge in [0.05, 0.1) is 4.90 Å². The number of amides is 1. The van der Waals surface area contributed by atoms with Gasteiger partial charge in [-0.15, -0.1) is 0 Å². The molecule has 0 aliphatic carbocycles. The van der Waals surface area contributed by atoms with E-state index in [0.29, 0.717) is 29.4 Å². The molecule has 0 bridgehead atoms. The Morgan fingerprint density at radius 3 is 2.23 bits per heavy atom. The van der Waals surface area contributed by atoms with Crippen molar-refractivity contribution in [2.24, 2.45) is 0 Å². The van der Waals surface area contributed by atoms with Crippen LogP contribution in [-0.4, -0.2) is 27.5 Å². The molecular formula is C22H21ClN2O4S. The number of halogens is 1. The van der Waals surface area contributed by atoms with E-state index < -0.39 is 10.0 Å². The first kappa shape index (κ1) is 21.8. The number of hydrogen-bond donors (Lipinski definition) is 2. The van der Waals surface area contributed by atoms with Crippen molar-refractivity contribution in [2.45, 2.75) is 11.3 Å². The van der Waals surface area contributed by atoms with Gasteiger partial charge in [-0.1, -0.05) is 41.9 Å². The molecule has 2 N–H and O–H groups in total. The Hall–Kier alpha value is -2.87. The second-order valence-electron chi connectivity index (χ2n) is 6.45. The first-order valence-corrected chi connectivity index (χ1v) is 11.1. The molecule has 0 saturated carbocycles. The summed E-state index contributed by atoms with van der Waals surface area (Å²) in [6, 6.07) is 22.3. The Morgan fingerprint density at radius 2 is 1.57 bits per heavy atom. The normalized spacial score (nSPS) is 11.1. The van der Waals surface area contributed by atoms with Crippen molar-refractivity contribution in [1.82, 2.24) is 4.72 Å². The molecule has 0 aliphatic heterocycles. The van der Waals surface area contributed by atoms with Crippen molar-refractivity contribution in [1.29, 1.82) is 0 Å². The molecule has 156 valence electrons. The molecule has 6 nitrogen and oxygen atoms in total. The van der Waals surface area contributed by atoms with Crippen molar-refractivity contribution < 1.29 is 17.9 Å². The molecule has 3 aromatic rings. The lowest BCUT2D eigenvalue weighted by molar-refractivity contribution is -0.118. The first-order valence-electron chi connectivity index (χ1n) is 9.24. The highest BCUT2D eigenvalue weighted by Crippen LogP contribution is 2.16. The van der Waals surface area contributed by atoms with Crippen LogP contribution in [0.25, 0.3) is 0 Å². The quantitative estimate of drug-likeness (QED) is 0.524. The summed E-state index contributed by atoms with van der Waals surface area (Å²) >= 11 is 5.80. The van der Waals surface area contributed by atoms with Gasteiger partial charge in [-0.05, 0) is 60.5 Å². The molecule has 0 spiro atoms. The predicted molar refractivity (Wildman–Crippen MR) is 117 cm³/mol. The Labute approximate surface area is 180 Å². The Bertz CT molecular complexity index is 1070. The topological polar surface area (TPSA) is 84.5 Å². The van der Waals surface area contributed by atoms with E-state index in [1.807, 2.05) is 30.3 Å². The van der Waals surface area contributed by atoms with E-state index in [0.717, 1.165) is 5.56 Å². The monoisotopic (exact) mass is 444 g/mol. The lowest BCUT2D eigenvalue weighted by Crippen LogP contribution is -2.26. The van der Waals surface area contributed by atoms with E-state index >= 15 is 0 Å². The number of anilines is 1. The zero-order chi connectivity index (χ0) is 21.4. The van der Waals surface area contributed by atoms with Crippen LogP contribution in [0.3, 0.4) is 0 Å². The molecule has 0 radical (unpaired) electrons. The van der Waals surface area contributed by atoms with Gasteiger partial charge in [0, 0.05) is 17.3 Å². The molecular weight excluding hydrogens is 424 g/mol. The maximum absolute atomic E-state index is 12.4. The number of nitrogens with one attached hydrogen (secondary N) is 2. The number of hydrogen-bond acceptors (Lipinski definition) is 4. The Balaban J connectivity index is 1.49. The predicted octanol–water partition coefficient (Wildman–Crippen LogP) is 3.88. The minimum absolute atomic E-state index is 0.131. The van der Waals surface area contributed by atoms with Crippen LogP contribution in [0.15, 0.2) is 83.8 Å². The first-order chi connectivity index (χ1) is 14.4. The number of rotatable bonds is 9. The zero-order valence-corrected chi connectivity index (χ0v) is 17.6.